The highest BCUT2D eigenvalue weighted by Crippen LogP contribution is 2.49. The first kappa shape index (κ1) is 12.8. The summed E-state index contributed by atoms with van der Waals surface area (Å²) in [4.78, 5) is 2.53. The van der Waals surface area contributed by atoms with Crippen molar-refractivity contribution in [1.29, 1.82) is 5.41 Å². The smallest absolute Gasteiger partial charge is 0.0911 e. The average Bonchev–Trinajstić information content (AvgIpc) is 3.00. The van der Waals surface area contributed by atoms with Crippen LogP contribution in [0.15, 0.2) is 0 Å². The zero-order valence-corrected chi connectivity index (χ0v) is 10.9. The number of hydrogen-bond donors (Lipinski definition) is 2. The topological polar surface area (TPSA) is 62.3 Å². The third-order valence-electron chi connectivity index (χ3n) is 4.02. The summed E-state index contributed by atoms with van der Waals surface area (Å²) >= 11 is 0. The van der Waals surface area contributed by atoms with Crippen molar-refractivity contribution in [2.45, 2.75) is 45.1 Å². The van der Waals surface area contributed by atoms with Crippen molar-refractivity contribution in [3.05, 3.63) is 0 Å². The second kappa shape index (κ2) is 5.36. The molecule has 2 rings (SSSR count). The third kappa shape index (κ3) is 3.68. The van der Waals surface area contributed by atoms with Gasteiger partial charge in [0.05, 0.1) is 11.9 Å². The SMILES string of the molecule is CCOC1CCN(CC2(CC(=N)N)CC2)CC1. The molecule has 0 radical (unpaired) electrons. The van der Waals surface area contributed by atoms with E-state index in [1.165, 1.54) is 12.8 Å². The molecular formula is C13H25N3O. The van der Waals surface area contributed by atoms with Crippen LogP contribution >= 0.6 is 0 Å². The number of nitrogens with zero attached hydrogens (tertiary/aromatic N) is 1. The second-order valence-electron chi connectivity index (χ2n) is 5.63. The van der Waals surface area contributed by atoms with Crippen LogP contribution in [0.5, 0.6) is 0 Å². The van der Waals surface area contributed by atoms with Gasteiger partial charge in [0.2, 0.25) is 0 Å². The number of ether oxygens (including phenoxy) is 1. The van der Waals surface area contributed by atoms with Crippen molar-refractivity contribution in [1.82, 2.24) is 4.90 Å². The molecule has 2 fully saturated rings. The van der Waals surface area contributed by atoms with Crippen LogP contribution in [0, 0.1) is 10.8 Å². The maximum absolute atomic E-state index is 7.43. The van der Waals surface area contributed by atoms with Gasteiger partial charge in [-0.25, -0.2) is 0 Å². The lowest BCUT2D eigenvalue weighted by molar-refractivity contribution is 0.0102. The van der Waals surface area contributed by atoms with Crippen LogP contribution in [0.3, 0.4) is 0 Å². The predicted octanol–water partition coefficient (Wildman–Crippen LogP) is 1.59. The summed E-state index contributed by atoms with van der Waals surface area (Å²) in [5.74, 6) is 0.353. The van der Waals surface area contributed by atoms with Crippen LogP contribution in [-0.2, 0) is 4.74 Å². The number of nitrogens with two attached hydrogens (primary N) is 1. The number of amidine groups is 1. The highest BCUT2D eigenvalue weighted by Gasteiger charge is 2.44. The Morgan fingerprint density at radius 1 is 1.41 bits per heavy atom. The molecule has 4 nitrogen and oxygen atoms in total. The number of piperidine rings is 1. The van der Waals surface area contributed by atoms with Gasteiger partial charge < -0.3 is 15.4 Å². The first-order chi connectivity index (χ1) is 8.13. The molecule has 1 saturated heterocycles. The molecular weight excluding hydrogens is 214 g/mol. The molecule has 0 unspecified atom stereocenters. The lowest BCUT2D eigenvalue weighted by Gasteiger charge is -2.34. The van der Waals surface area contributed by atoms with Gasteiger partial charge in [0, 0.05) is 32.7 Å². The van der Waals surface area contributed by atoms with E-state index in [-0.39, 0.29) is 0 Å². The van der Waals surface area contributed by atoms with Crippen LogP contribution in [0.1, 0.15) is 39.0 Å². The summed E-state index contributed by atoms with van der Waals surface area (Å²) < 4.78 is 5.66. The number of hydrogen-bond acceptors (Lipinski definition) is 3. The molecule has 0 aromatic heterocycles. The summed E-state index contributed by atoms with van der Waals surface area (Å²) in [6.07, 6.45) is 6.07. The van der Waals surface area contributed by atoms with Crippen LogP contribution in [0.2, 0.25) is 0 Å². The molecule has 0 aromatic carbocycles. The van der Waals surface area contributed by atoms with Gasteiger partial charge in [0.15, 0.2) is 0 Å². The number of nitrogens with one attached hydrogen (secondary N) is 1. The summed E-state index contributed by atoms with van der Waals surface area (Å²) in [5, 5.41) is 7.43. The first-order valence-corrected chi connectivity index (χ1v) is 6.80. The molecule has 2 aliphatic rings. The molecule has 0 bridgehead atoms. The largest absolute Gasteiger partial charge is 0.388 e. The van der Waals surface area contributed by atoms with E-state index < -0.39 is 0 Å². The summed E-state index contributed by atoms with van der Waals surface area (Å²) in [6, 6.07) is 0. The van der Waals surface area contributed by atoms with Gasteiger partial charge >= 0.3 is 0 Å². The first-order valence-electron chi connectivity index (χ1n) is 6.80. The van der Waals surface area contributed by atoms with E-state index in [2.05, 4.69) is 11.8 Å². The second-order valence-corrected chi connectivity index (χ2v) is 5.63. The maximum Gasteiger partial charge on any atom is 0.0911 e. The van der Waals surface area contributed by atoms with Crippen LogP contribution in [0.4, 0.5) is 0 Å². The Bertz CT molecular complexity index is 268. The van der Waals surface area contributed by atoms with Crippen molar-refractivity contribution >= 4 is 5.84 Å². The van der Waals surface area contributed by atoms with E-state index in [1.54, 1.807) is 0 Å². The molecule has 4 heteroatoms. The average molecular weight is 239 g/mol. The minimum Gasteiger partial charge on any atom is -0.388 e. The lowest BCUT2D eigenvalue weighted by Crippen LogP contribution is -2.40. The fourth-order valence-electron chi connectivity index (χ4n) is 2.92. The van der Waals surface area contributed by atoms with Gasteiger partial charge in [-0.2, -0.15) is 0 Å². The van der Waals surface area contributed by atoms with Crippen LogP contribution in [-0.4, -0.2) is 43.1 Å². The van der Waals surface area contributed by atoms with E-state index in [9.17, 15) is 0 Å². The molecule has 0 atom stereocenters. The monoisotopic (exact) mass is 239 g/mol. The van der Waals surface area contributed by atoms with Gasteiger partial charge in [0.25, 0.3) is 0 Å². The highest BCUT2D eigenvalue weighted by atomic mass is 16.5. The van der Waals surface area contributed by atoms with Crippen LogP contribution in [0.25, 0.3) is 0 Å². The Kier molecular flexibility index (Phi) is 4.05. The third-order valence-corrected chi connectivity index (χ3v) is 4.02. The van der Waals surface area contributed by atoms with Crippen LogP contribution < -0.4 is 5.73 Å². The summed E-state index contributed by atoms with van der Waals surface area (Å²) in [5.41, 5.74) is 5.88. The van der Waals surface area contributed by atoms with Crippen molar-refractivity contribution in [2.75, 3.05) is 26.2 Å². The minimum absolute atomic E-state index is 0.351. The zero-order valence-electron chi connectivity index (χ0n) is 10.9. The minimum atomic E-state index is 0.351. The number of rotatable bonds is 6. The molecule has 1 saturated carbocycles. The van der Waals surface area contributed by atoms with E-state index in [0.29, 0.717) is 17.4 Å². The van der Waals surface area contributed by atoms with Gasteiger partial charge in [-0.3, -0.25) is 5.41 Å². The Morgan fingerprint density at radius 2 is 2.06 bits per heavy atom. The molecule has 1 aliphatic heterocycles. The molecule has 3 N–H and O–H groups in total. The van der Waals surface area contributed by atoms with E-state index in [4.69, 9.17) is 15.9 Å². The predicted molar refractivity (Wildman–Crippen MR) is 69.3 cm³/mol. The standard InChI is InChI=1S/C13H25N3O/c1-2-17-11-3-7-16(8-4-11)10-13(5-6-13)9-12(14)15/h11H,2-10H2,1H3,(H3,14,15). The van der Waals surface area contributed by atoms with Crippen molar-refractivity contribution < 1.29 is 4.74 Å². The Labute approximate surface area is 104 Å². The van der Waals surface area contributed by atoms with Gasteiger partial charge in [0.1, 0.15) is 0 Å². The van der Waals surface area contributed by atoms with Crippen molar-refractivity contribution in [3.63, 3.8) is 0 Å². The number of likely N-dealkylation sites (tertiary alicyclic amines) is 1. The highest BCUT2D eigenvalue weighted by molar-refractivity contribution is 5.78. The molecule has 0 spiro atoms. The Balaban J connectivity index is 1.73. The maximum atomic E-state index is 7.43. The van der Waals surface area contributed by atoms with Gasteiger partial charge in [-0.15, -0.1) is 0 Å². The van der Waals surface area contributed by atoms with E-state index >= 15 is 0 Å². The van der Waals surface area contributed by atoms with Crippen molar-refractivity contribution in [3.8, 4) is 0 Å². The molecule has 1 heterocycles. The molecule has 1 aliphatic carbocycles. The van der Waals surface area contributed by atoms with Gasteiger partial charge in [-0.1, -0.05) is 0 Å². The van der Waals surface area contributed by atoms with E-state index in [1.807, 2.05) is 0 Å². The van der Waals surface area contributed by atoms with Gasteiger partial charge in [-0.05, 0) is 38.0 Å². The Hall–Kier alpha value is -0.610. The fourth-order valence-corrected chi connectivity index (χ4v) is 2.92. The summed E-state index contributed by atoms with van der Waals surface area (Å²) in [7, 11) is 0. The Morgan fingerprint density at radius 3 is 2.53 bits per heavy atom. The molecule has 17 heavy (non-hydrogen) atoms. The quantitative estimate of drug-likeness (QED) is 0.546. The lowest BCUT2D eigenvalue weighted by atomic mass is 9.99. The van der Waals surface area contributed by atoms with Crippen molar-refractivity contribution in [2.24, 2.45) is 11.1 Å². The normalized spacial score (nSPS) is 24.8. The van der Waals surface area contributed by atoms with E-state index in [0.717, 1.165) is 45.5 Å². The molecule has 0 aromatic rings. The zero-order chi connectivity index (χ0) is 12.3. The molecule has 0 amide bonds. The summed E-state index contributed by atoms with van der Waals surface area (Å²) in [6.45, 7) is 6.32. The fraction of sp³-hybridized carbons (Fsp3) is 0.923. The molecule has 98 valence electrons.